The summed E-state index contributed by atoms with van der Waals surface area (Å²) < 4.78 is 0. The molecule has 1 atom stereocenters. The molecule has 0 aromatic heterocycles. The highest BCUT2D eigenvalue weighted by molar-refractivity contribution is 5.94. The number of nitrogens with one attached hydrogen (secondary N) is 1. The molecule has 1 aliphatic rings. The number of carbonyl (C=O) groups is 2. The molecule has 0 heterocycles. The number of amides is 1. The van der Waals surface area contributed by atoms with Crippen molar-refractivity contribution in [1.82, 2.24) is 5.32 Å². The third-order valence-electron chi connectivity index (χ3n) is 3.47. The van der Waals surface area contributed by atoms with Gasteiger partial charge in [-0.2, -0.15) is 0 Å². The number of aliphatic carboxylic acids is 1. The molecule has 1 unspecified atom stereocenters. The zero-order chi connectivity index (χ0) is 13.8. The van der Waals surface area contributed by atoms with E-state index in [0.29, 0.717) is 6.42 Å². The average molecular weight is 253 g/mol. The summed E-state index contributed by atoms with van der Waals surface area (Å²) in [5.41, 5.74) is 0.0504. The monoisotopic (exact) mass is 253 g/mol. The van der Waals surface area contributed by atoms with Gasteiger partial charge in [0.05, 0.1) is 0 Å². The van der Waals surface area contributed by atoms with Gasteiger partial charge in [-0.25, -0.2) is 4.79 Å². The van der Waals surface area contributed by atoms with Crippen LogP contribution in [-0.4, -0.2) is 17.0 Å². The van der Waals surface area contributed by atoms with Gasteiger partial charge in [0.25, 0.3) is 0 Å². The van der Waals surface area contributed by atoms with Crippen LogP contribution in [0.2, 0.25) is 0 Å². The van der Waals surface area contributed by atoms with Crippen molar-refractivity contribution in [2.75, 3.05) is 0 Å². The van der Waals surface area contributed by atoms with Crippen molar-refractivity contribution in [3.8, 4) is 0 Å². The zero-order valence-electron chi connectivity index (χ0n) is 11.5. The highest BCUT2D eigenvalue weighted by Gasteiger charge is 2.50. The third-order valence-corrected chi connectivity index (χ3v) is 3.47. The molecule has 0 bridgehead atoms. The van der Waals surface area contributed by atoms with Gasteiger partial charge in [-0.3, -0.25) is 4.79 Å². The first kappa shape index (κ1) is 14.7. The van der Waals surface area contributed by atoms with Crippen LogP contribution >= 0.6 is 0 Å². The Bertz CT molecular complexity index is 358. The molecule has 0 saturated heterocycles. The summed E-state index contributed by atoms with van der Waals surface area (Å²) in [6.07, 6.45) is 6.28. The van der Waals surface area contributed by atoms with Crippen LogP contribution in [0.15, 0.2) is 11.8 Å². The van der Waals surface area contributed by atoms with Crippen molar-refractivity contribution in [2.24, 2.45) is 11.3 Å². The second-order valence-electron chi connectivity index (χ2n) is 5.65. The van der Waals surface area contributed by atoms with Crippen LogP contribution in [0.4, 0.5) is 0 Å². The molecule has 4 nitrogen and oxygen atoms in total. The molecule has 2 N–H and O–H groups in total. The summed E-state index contributed by atoms with van der Waals surface area (Å²) in [5.74, 6) is -1.27. The van der Waals surface area contributed by atoms with Gasteiger partial charge in [-0.1, -0.05) is 39.7 Å². The molecule has 1 saturated carbocycles. The molecular formula is C14H23NO3. The second-order valence-corrected chi connectivity index (χ2v) is 5.65. The predicted molar refractivity (Wildman–Crippen MR) is 69.9 cm³/mol. The molecule has 0 radical (unpaired) electrons. The van der Waals surface area contributed by atoms with E-state index in [9.17, 15) is 9.59 Å². The number of carboxylic acid groups (broad SMARTS) is 1. The molecule has 1 fully saturated rings. The average Bonchev–Trinajstić information content (AvgIpc) is 2.92. The van der Waals surface area contributed by atoms with E-state index in [4.69, 9.17) is 5.11 Å². The number of hydrogen-bond donors (Lipinski definition) is 2. The molecule has 1 rings (SSSR count). The van der Waals surface area contributed by atoms with Crippen molar-refractivity contribution in [1.29, 1.82) is 0 Å². The van der Waals surface area contributed by atoms with Gasteiger partial charge in [0.1, 0.15) is 5.70 Å². The van der Waals surface area contributed by atoms with E-state index in [1.165, 1.54) is 0 Å². The Kier molecular flexibility index (Phi) is 4.93. The van der Waals surface area contributed by atoms with E-state index in [-0.39, 0.29) is 22.9 Å². The Morgan fingerprint density at radius 3 is 2.44 bits per heavy atom. The first-order valence-electron chi connectivity index (χ1n) is 6.63. The zero-order valence-corrected chi connectivity index (χ0v) is 11.5. The molecule has 0 aliphatic heterocycles. The van der Waals surface area contributed by atoms with E-state index in [1.54, 1.807) is 6.08 Å². The van der Waals surface area contributed by atoms with Crippen molar-refractivity contribution < 1.29 is 14.7 Å². The molecule has 1 aliphatic carbocycles. The smallest absolute Gasteiger partial charge is 0.352 e. The Labute approximate surface area is 108 Å². The number of allylic oxidation sites excluding steroid dienone is 1. The van der Waals surface area contributed by atoms with Crippen molar-refractivity contribution in [3.63, 3.8) is 0 Å². The SMILES string of the molecule is CCCCC/C=C(/NC(=O)C1CC1(C)C)C(=O)O. The Morgan fingerprint density at radius 1 is 1.39 bits per heavy atom. The largest absolute Gasteiger partial charge is 0.477 e. The number of carboxylic acids is 1. The molecule has 1 amide bonds. The minimum absolute atomic E-state index is 0.0237. The first-order valence-corrected chi connectivity index (χ1v) is 6.63. The second kappa shape index (κ2) is 6.03. The van der Waals surface area contributed by atoms with Gasteiger partial charge in [0, 0.05) is 5.92 Å². The highest BCUT2D eigenvalue weighted by atomic mass is 16.4. The van der Waals surface area contributed by atoms with Crippen LogP contribution in [-0.2, 0) is 9.59 Å². The fourth-order valence-corrected chi connectivity index (χ4v) is 1.97. The van der Waals surface area contributed by atoms with Gasteiger partial charge in [-0.15, -0.1) is 0 Å². The van der Waals surface area contributed by atoms with E-state index in [2.05, 4.69) is 12.2 Å². The third kappa shape index (κ3) is 4.17. The molecule has 0 aromatic rings. The molecule has 18 heavy (non-hydrogen) atoms. The molecular weight excluding hydrogens is 230 g/mol. The predicted octanol–water partition coefficient (Wildman–Crippen LogP) is 2.70. The highest BCUT2D eigenvalue weighted by Crippen LogP contribution is 2.51. The maximum absolute atomic E-state index is 11.8. The minimum atomic E-state index is -1.06. The lowest BCUT2D eigenvalue weighted by Gasteiger charge is -2.07. The van der Waals surface area contributed by atoms with Crippen LogP contribution in [0.3, 0.4) is 0 Å². The van der Waals surface area contributed by atoms with Crippen molar-refractivity contribution in [3.05, 3.63) is 11.8 Å². The quantitative estimate of drug-likeness (QED) is 0.541. The normalized spacial score (nSPS) is 21.5. The number of carbonyl (C=O) groups excluding carboxylic acids is 1. The van der Waals surface area contributed by atoms with Gasteiger partial charge < -0.3 is 10.4 Å². The van der Waals surface area contributed by atoms with Crippen molar-refractivity contribution in [2.45, 2.75) is 52.9 Å². The molecule has 102 valence electrons. The summed E-state index contributed by atoms with van der Waals surface area (Å²) >= 11 is 0. The summed E-state index contributed by atoms with van der Waals surface area (Å²) in [6.45, 7) is 6.13. The Balaban J connectivity index is 2.48. The van der Waals surface area contributed by atoms with Gasteiger partial charge in [0.2, 0.25) is 5.91 Å². The summed E-state index contributed by atoms with van der Waals surface area (Å²) in [5, 5.41) is 11.6. The molecule has 4 heteroatoms. The topological polar surface area (TPSA) is 66.4 Å². The maximum Gasteiger partial charge on any atom is 0.352 e. The molecule has 0 spiro atoms. The van der Waals surface area contributed by atoms with Crippen LogP contribution in [0.1, 0.15) is 52.9 Å². The van der Waals surface area contributed by atoms with E-state index >= 15 is 0 Å². The summed E-state index contributed by atoms with van der Waals surface area (Å²) in [6, 6.07) is 0. The maximum atomic E-state index is 11.8. The lowest BCUT2D eigenvalue weighted by atomic mass is 10.1. The Hall–Kier alpha value is -1.32. The lowest BCUT2D eigenvalue weighted by Crippen LogP contribution is -2.29. The van der Waals surface area contributed by atoms with E-state index in [1.807, 2.05) is 13.8 Å². The number of unbranched alkanes of at least 4 members (excludes halogenated alkanes) is 3. The fraction of sp³-hybridized carbons (Fsp3) is 0.714. The fourth-order valence-electron chi connectivity index (χ4n) is 1.97. The van der Waals surface area contributed by atoms with Gasteiger partial charge in [-0.05, 0) is 24.7 Å². The minimum Gasteiger partial charge on any atom is -0.477 e. The lowest BCUT2D eigenvalue weighted by molar-refractivity contribution is -0.135. The van der Waals surface area contributed by atoms with Crippen LogP contribution in [0, 0.1) is 11.3 Å². The number of rotatable bonds is 7. The summed E-state index contributed by atoms with van der Waals surface area (Å²) in [4.78, 5) is 22.8. The van der Waals surface area contributed by atoms with Crippen molar-refractivity contribution >= 4 is 11.9 Å². The van der Waals surface area contributed by atoms with Gasteiger partial charge >= 0.3 is 5.97 Å². The van der Waals surface area contributed by atoms with E-state index in [0.717, 1.165) is 25.7 Å². The van der Waals surface area contributed by atoms with E-state index < -0.39 is 5.97 Å². The summed E-state index contributed by atoms with van der Waals surface area (Å²) in [7, 11) is 0. The number of hydrogen-bond acceptors (Lipinski definition) is 2. The Morgan fingerprint density at radius 2 is 2.00 bits per heavy atom. The van der Waals surface area contributed by atoms with Crippen LogP contribution < -0.4 is 5.32 Å². The first-order chi connectivity index (χ1) is 8.38. The van der Waals surface area contributed by atoms with Gasteiger partial charge in [0.15, 0.2) is 0 Å². The standard InChI is InChI=1S/C14H23NO3/c1-4-5-6-7-8-11(13(17)18)15-12(16)10-9-14(10,2)3/h8,10H,4-7,9H2,1-3H3,(H,15,16)(H,17,18)/b11-8+. The van der Waals surface area contributed by atoms with Crippen LogP contribution in [0.25, 0.3) is 0 Å². The molecule has 0 aromatic carbocycles. The van der Waals surface area contributed by atoms with Crippen LogP contribution in [0.5, 0.6) is 0 Å².